The van der Waals surface area contributed by atoms with Crippen LogP contribution in [-0.2, 0) is 16.1 Å². The highest BCUT2D eigenvalue weighted by Crippen LogP contribution is 2.49. The second-order valence-electron chi connectivity index (χ2n) is 16.0. The third-order valence-corrected chi connectivity index (χ3v) is 12.7. The van der Waals surface area contributed by atoms with Gasteiger partial charge in [-0.2, -0.15) is 0 Å². The number of hydrogen-bond acceptors (Lipinski definition) is 19. The largest absolute Gasteiger partial charge is 0.508 e. The monoisotopic (exact) mass is 949 g/mol. The van der Waals surface area contributed by atoms with Gasteiger partial charge in [0.15, 0.2) is 5.78 Å². The van der Waals surface area contributed by atoms with Crippen LogP contribution in [0.4, 0.5) is 4.39 Å². The number of fused-ring (bicyclic) bond motifs is 2. The van der Waals surface area contributed by atoms with Crippen molar-refractivity contribution < 1.29 is 74.2 Å². The molecule has 7 rings (SSSR count). The molecule has 21 nitrogen and oxygen atoms in total. The Hall–Kier alpha value is -6.25. The number of carbonyl (C=O) groups is 3. The molecule has 23 heteroatoms. The highest BCUT2D eigenvalue weighted by atomic mass is 32.2. The molecule has 67 heavy (non-hydrogen) atoms. The molecule has 14 N–H and O–H groups in total. The number of thioether (sulfide) groups is 1. The second-order valence-corrected chi connectivity index (χ2v) is 17.3. The number of carbonyl (C=O) groups excluding carboxylic acids is 2. The van der Waals surface area contributed by atoms with E-state index < -0.39 is 103 Å². The summed E-state index contributed by atoms with van der Waals surface area (Å²) in [6.45, 7) is -1.91. The van der Waals surface area contributed by atoms with Gasteiger partial charge in [0.05, 0.1) is 43.3 Å². The summed E-state index contributed by atoms with van der Waals surface area (Å²) in [4.78, 5) is 38.4. The van der Waals surface area contributed by atoms with E-state index in [1.807, 2.05) is 0 Å². The molecule has 1 amide bonds. The number of amides is 1. The van der Waals surface area contributed by atoms with E-state index in [0.29, 0.717) is 22.9 Å². The number of aliphatic hydroxyl groups is 7. The summed E-state index contributed by atoms with van der Waals surface area (Å²) in [5, 5.41) is 107. The summed E-state index contributed by atoms with van der Waals surface area (Å²) < 4.78 is 26.6. The van der Waals surface area contributed by atoms with Crippen molar-refractivity contribution in [3.8, 4) is 11.5 Å². The number of ketones is 1. The molecular formula is C44H48FN7O14S. The Kier molecular flexibility index (Phi) is 15.1. The van der Waals surface area contributed by atoms with Crippen molar-refractivity contribution in [2.75, 3.05) is 13.2 Å². The Morgan fingerprint density at radius 1 is 1.03 bits per heavy atom. The van der Waals surface area contributed by atoms with Crippen molar-refractivity contribution >= 4 is 35.1 Å². The van der Waals surface area contributed by atoms with Crippen LogP contribution in [0.3, 0.4) is 0 Å². The first-order valence-corrected chi connectivity index (χ1v) is 21.6. The van der Waals surface area contributed by atoms with Gasteiger partial charge >= 0.3 is 5.97 Å². The van der Waals surface area contributed by atoms with Gasteiger partial charge in [-0.1, -0.05) is 47.3 Å². The van der Waals surface area contributed by atoms with Crippen LogP contribution in [0.25, 0.3) is 5.70 Å². The van der Waals surface area contributed by atoms with Crippen LogP contribution in [0.1, 0.15) is 61.5 Å². The molecule has 11 unspecified atom stereocenters. The Bertz CT molecular complexity index is 2580. The number of phenols is 1. The summed E-state index contributed by atoms with van der Waals surface area (Å²) in [6, 6.07) is 11.1. The Morgan fingerprint density at radius 2 is 1.79 bits per heavy atom. The van der Waals surface area contributed by atoms with E-state index >= 15 is 0 Å². The Morgan fingerprint density at radius 3 is 2.51 bits per heavy atom. The summed E-state index contributed by atoms with van der Waals surface area (Å²) in [6.07, 6.45) is -1.81. The first-order valence-electron chi connectivity index (χ1n) is 20.7. The molecule has 3 heterocycles. The number of ether oxygens (including phenoxy) is 2. The van der Waals surface area contributed by atoms with Gasteiger partial charge in [-0.05, 0) is 42.0 Å². The molecule has 2 aliphatic heterocycles. The van der Waals surface area contributed by atoms with E-state index in [2.05, 4.69) is 15.6 Å². The third-order valence-electron chi connectivity index (χ3n) is 11.6. The first-order chi connectivity index (χ1) is 32.0. The number of hydrogen-bond donors (Lipinski definition) is 12. The van der Waals surface area contributed by atoms with Crippen LogP contribution in [0.15, 0.2) is 97.0 Å². The molecule has 1 aliphatic carbocycles. The molecule has 4 aromatic rings. The highest BCUT2D eigenvalue weighted by molar-refractivity contribution is 8.00. The van der Waals surface area contributed by atoms with Gasteiger partial charge < -0.3 is 71.5 Å². The van der Waals surface area contributed by atoms with Crippen LogP contribution < -0.4 is 21.6 Å². The molecule has 0 saturated carbocycles. The number of aliphatic hydroxyl groups excluding tert-OH is 7. The van der Waals surface area contributed by atoms with Crippen molar-refractivity contribution in [3.63, 3.8) is 0 Å². The fourth-order valence-corrected chi connectivity index (χ4v) is 9.34. The topological polar surface area (TPSA) is 350 Å². The minimum absolute atomic E-state index is 0.0270. The number of phenolic OH excluding ortho intramolecular Hbond substituents is 1. The third kappa shape index (κ3) is 10.7. The van der Waals surface area contributed by atoms with E-state index in [0.717, 1.165) is 22.0 Å². The van der Waals surface area contributed by atoms with Crippen molar-refractivity contribution in [2.45, 2.75) is 72.4 Å². The fraction of sp³-hybridized carbons (Fsp3) is 0.341. The molecule has 3 aliphatic rings. The van der Waals surface area contributed by atoms with Gasteiger partial charge in [0, 0.05) is 53.3 Å². The SMILES string of the molecule is N/C(=C\N(N)C1C(O)C(CO)OC(SC(O)CC(C(O)C(O)CO)n2cc(CNC(=O)c3ccc(C4c5ccc(O)cc5OC5=CC(=O)C=CC54)c(C(=O)O)c3)nn2)C1O)c1cccc(F)c1. The maximum absolute atomic E-state index is 13.8. The van der Waals surface area contributed by atoms with Crippen LogP contribution in [0, 0.1) is 11.7 Å². The number of allylic oxidation sites excluding steroid dienone is 3. The maximum atomic E-state index is 13.8. The lowest BCUT2D eigenvalue weighted by Gasteiger charge is -2.45. The molecule has 0 spiro atoms. The van der Waals surface area contributed by atoms with Crippen molar-refractivity contribution in [3.05, 3.63) is 136 Å². The highest BCUT2D eigenvalue weighted by Gasteiger charge is 2.48. The zero-order chi connectivity index (χ0) is 48.3. The summed E-state index contributed by atoms with van der Waals surface area (Å²) in [5.74, 6) is 2.40. The molecule has 0 bridgehead atoms. The van der Waals surface area contributed by atoms with Gasteiger partial charge in [-0.3, -0.25) is 9.59 Å². The van der Waals surface area contributed by atoms with Gasteiger partial charge in [0.25, 0.3) is 5.91 Å². The predicted molar refractivity (Wildman–Crippen MR) is 233 cm³/mol. The molecule has 1 fully saturated rings. The average molecular weight is 950 g/mol. The number of hydrazine groups is 1. The van der Waals surface area contributed by atoms with E-state index in [1.54, 1.807) is 12.1 Å². The molecule has 3 aromatic carbocycles. The maximum Gasteiger partial charge on any atom is 0.336 e. The van der Waals surface area contributed by atoms with Gasteiger partial charge in [0.1, 0.15) is 76.2 Å². The minimum Gasteiger partial charge on any atom is -0.508 e. The van der Waals surface area contributed by atoms with Gasteiger partial charge in [-0.25, -0.2) is 19.7 Å². The molecule has 11 atom stereocenters. The number of rotatable bonds is 17. The standard InChI is InChI=1S/C44H48FN7O14S/c45-22-3-1-2-20(10-22)30(46)17-51(47)38-40(60)35(19-54)66-44(41(38)61)67-36(58)14-31(39(59)32(57)18-53)52-16-23(49-50-52)15-48-42(62)21-4-7-26(29(11-21)43(63)64)37-27-8-5-24(55)12-33(27)65-34-13-25(56)6-9-28(34)37/h1-13,16-17,27,31-32,35-41,44,53-54,56-61H,14-15,18-19,46-47H2,(H,48,62)(H,63,64)/b30-17-. The molecule has 356 valence electrons. The predicted octanol–water partition coefficient (Wildman–Crippen LogP) is -0.448. The molecule has 1 saturated heterocycles. The Balaban J connectivity index is 1.05. The number of aromatic hydroxyl groups is 1. The van der Waals surface area contributed by atoms with Gasteiger partial charge in [0.2, 0.25) is 0 Å². The molecule has 1 aromatic heterocycles. The zero-order valence-electron chi connectivity index (χ0n) is 35.1. The van der Waals surface area contributed by atoms with E-state index in [1.165, 1.54) is 66.9 Å². The summed E-state index contributed by atoms with van der Waals surface area (Å²) in [7, 11) is 0. The average Bonchev–Trinajstić information content (AvgIpc) is 3.78. The number of nitrogens with zero attached hydrogens (tertiary/aromatic N) is 4. The summed E-state index contributed by atoms with van der Waals surface area (Å²) in [5.41, 5.74) is 4.13. The van der Waals surface area contributed by atoms with Crippen LogP contribution >= 0.6 is 11.8 Å². The lowest BCUT2D eigenvalue weighted by molar-refractivity contribution is -0.184. The van der Waals surface area contributed by atoms with E-state index in [-0.39, 0.29) is 57.7 Å². The van der Waals surface area contributed by atoms with E-state index in [9.17, 15) is 64.7 Å². The number of nitrogens with two attached hydrogens (primary N) is 2. The van der Waals surface area contributed by atoms with Crippen molar-refractivity contribution in [1.82, 2.24) is 25.3 Å². The number of carboxylic acids is 1. The lowest BCUT2D eigenvalue weighted by Crippen LogP contribution is -2.64. The number of aromatic carboxylic acids is 1. The number of halogens is 1. The lowest BCUT2D eigenvalue weighted by atomic mass is 9.74. The quantitative estimate of drug-likeness (QED) is 0.0362. The first kappa shape index (κ1) is 48.7. The zero-order valence-corrected chi connectivity index (χ0v) is 36.0. The smallest absolute Gasteiger partial charge is 0.336 e. The van der Waals surface area contributed by atoms with Gasteiger partial charge in [-0.15, -0.1) is 5.10 Å². The molecular weight excluding hydrogens is 902 g/mol. The van der Waals surface area contributed by atoms with Crippen LogP contribution in [0.5, 0.6) is 11.5 Å². The van der Waals surface area contributed by atoms with E-state index in [4.69, 9.17) is 21.1 Å². The number of aromatic nitrogens is 3. The number of nitrogens with one attached hydrogen (secondary N) is 1. The number of carboxylic acid groups (broad SMARTS) is 1. The fourth-order valence-electron chi connectivity index (χ4n) is 8.19. The van der Waals surface area contributed by atoms with Crippen molar-refractivity contribution in [2.24, 2.45) is 17.5 Å². The Labute approximate surface area is 384 Å². The minimum atomic E-state index is -1.77. The summed E-state index contributed by atoms with van der Waals surface area (Å²) >= 11 is 0.608. The molecule has 0 radical (unpaired) electrons. The normalized spacial score (nSPS) is 24.3. The van der Waals surface area contributed by atoms with Crippen LogP contribution in [-0.4, -0.2) is 144 Å². The number of benzene rings is 3. The van der Waals surface area contributed by atoms with Crippen LogP contribution in [0.2, 0.25) is 0 Å². The van der Waals surface area contributed by atoms with Crippen molar-refractivity contribution in [1.29, 1.82) is 0 Å². The second kappa shape index (κ2) is 20.7.